The lowest BCUT2D eigenvalue weighted by Crippen LogP contribution is -2.43. The van der Waals surface area contributed by atoms with Crippen molar-refractivity contribution in [2.24, 2.45) is 11.7 Å². The van der Waals surface area contributed by atoms with Crippen molar-refractivity contribution in [3.63, 3.8) is 0 Å². The zero-order chi connectivity index (χ0) is 15.4. The molecule has 2 atom stereocenters. The summed E-state index contributed by atoms with van der Waals surface area (Å²) in [6, 6.07) is 6.82. The van der Waals surface area contributed by atoms with Crippen LogP contribution >= 0.6 is 27.5 Å². The molecule has 0 saturated heterocycles. The van der Waals surface area contributed by atoms with Gasteiger partial charge in [-0.25, -0.2) is 0 Å². The summed E-state index contributed by atoms with van der Waals surface area (Å²) in [7, 11) is 1.74. The highest BCUT2D eigenvalue weighted by atomic mass is 79.9. The second kappa shape index (κ2) is 7.93. The van der Waals surface area contributed by atoms with Crippen molar-refractivity contribution in [2.75, 3.05) is 26.8 Å². The number of hydrogen-bond acceptors (Lipinski definition) is 3. The van der Waals surface area contributed by atoms with Gasteiger partial charge in [-0.2, -0.15) is 0 Å². The Morgan fingerprint density at radius 1 is 1.48 bits per heavy atom. The van der Waals surface area contributed by atoms with E-state index in [2.05, 4.69) is 33.8 Å². The molecule has 0 heterocycles. The van der Waals surface area contributed by atoms with Gasteiger partial charge < -0.3 is 10.5 Å². The molecule has 1 aromatic carbocycles. The van der Waals surface area contributed by atoms with Crippen LogP contribution in [0.5, 0.6) is 0 Å². The number of ether oxygens (including phenoxy) is 1. The molecule has 0 radical (unpaired) electrons. The maximum Gasteiger partial charge on any atom is 0.0590 e. The molecular formula is C16H24BrClN2O. The summed E-state index contributed by atoms with van der Waals surface area (Å²) in [6.45, 7) is 4.50. The van der Waals surface area contributed by atoms with Gasteiger partial charge in [0.1, 0.15) is 0 Å². The van der Waals surface area contributed by atoms with Gasteiger partial charge in [0, 0.05) is 36.8 Å². The molecule has 1 aliphatic rings. The molecule has 0 aliphatic heterocycles. The zero-order valence-electron chi connectivity index (χ0n) is 12.7. The van der Waals surface area contributed by atoms with Crippen LogP contribution in [0.2, 0.25) is 5.02 Å². The van der Waals surface area contributed by atoms with E-state index < -0.39 is 0 Å². The van der Waals surface area contributed by atoms with Gasteiger partial charge in [0.15, 0.2) is 0 Å². The van der Waals surface area contributed by atoms with Gasteiger partial charge in [-0.05, 0) is 59.3 Å². The molecule has 0 bridgehead atoms. The molecule has 1 aliphatic carbocycles. The molecule has 5 heteroatoms. The number of nitrogens with two attached hydrogens (primary N) is 1. The van der Waals surface area contributed by atoms with E-state index in [9.17, 15) is 0 Å². The lowest BCUT2D eigenvalue weighted by molar-refractivity contribution is 0.0835. The van der Waals surface area contributed by atoms with Crippen molar-refractivity contribution in [1.29, 1.82) is 0 Å². The highest BCUT2D eigenvalue weighted by molar-refractivity contribution is 9.10. The number of methoxy groups -OCH3 is 1. The monoisotopic (exact) mass is 374 g/mol. The molecule has 1 aromatic rings. The fraction of sp³-hybridized carbons (Fsp3) is 0.625. The smallest absolute Gasteiger partial charge is 0.0590 e. The van der Waals surface area contributed by atoms with E-state index in [-0.39, 0.29) is 6.04 Å². The standard InChI is InChI=1S/C16H24BrClN2O/c1-11(12-3-4-12)20(7-8-21-2)16(10-19)13-5-6-14(17)15(18)9-13/h5-6,9,11-12,16H,3-4,7-8,10,19H2,1-2H3. The molecule has 1 saturated carbocycles. The lowest BCUT2D eigenvalue weighted by Gasteiger charge is -2.36. The summed E-state index contributed by atoms with van der Waals surface area (Å²) in [5.41, 5.74) is 7.26. The van der Waals surface area contributed by atoms with Gasteiger partial charge in [-0.1, -0.05) is 17.7 Å². The predicted molar refractivity (Wildman–Crippen MR) is 91.7 cm³/mol. The van der Waals surface area contributed by atoms with E-state index in [1.807, 2.05) is 12.1 Å². The molecule has 2 rings (SSSR count). The number of halogens is 2. The van der Waals surface area contributed by atoms with Crippen LogP contribution in [0.15, 0.2) is 22.7 Å². The van der Waals surface area contributed by atoms with Crippen LogP contribution in [-0.2, 0) is 4.74 Å². The van der Waals surface area contributed by atoms with Crippen LogP contribution in [0.4, 0.5) is 0 Å². The Hall–Kier alpha value is -0.130. The number of benzene rings is 1. The quantitative estimate of drug-likeness (QED) is 0.750. The molecule has 3 nitrogen and oxygen atoms in total. The molecule has 21 heavy (non-hydrogen) atoms. The topological polar surface area (TPSA) is 38.5 Å². The fourth-order valence-corrected chi connectivity index (χ4v) is 3.31. The van der Waals surface area contributed by atoms with Crippen molar-refractivity contribution in [3.05, 3.63) is 33.3 Å². The van der Waals surface area contributed by atoms with Crippen molar-refractivity contribution in [2.45, 2.75) is 31.8 Å². The van der Waals surface area contributed by atoms with Crippen LogP contribution in [0.1, 0.15) is 31.4 Å². The third-order valence-electron chi connectivity index (χ3n) is 4.33. The first kappa shape index (κ1) is 17.2. The van der Waals surface area contributed by atoms with E-state index in [1.54, 1.807) is 7.11 Å². The van der Waals surface area contributed by atoms with Gasteiger partial charge in [-0.3, -0.25) is 4.90 Å². The van der Waals surface area contributed by atoms with E-state index >= 15 is 0 Å². The Balaban J connectivity index is 2.22. The van der Waals surface area contributed by atoms with Crippen LogP contribution < -0.4 is 5.73 Å². The predicted octanol–water partition coefficient (Wildman–Crippen LogP) is 3.85. The largest absolute Gasteiger partial charge is 0.383 e. The SMILES string of the molecule is COCCN(C(CN)c1ccc(Br)c(Cl)c1)C(C)C1CC1. The molecule has 1 fully saturated rings. The van der Waals surface area contributed by atoms with E-state index in [4.69, 9.17) is 22.1 Å². The minimum absolute atomic E-state index is 0.182. The van der Waals surface area contributed by atoms with Crippen LogP contribution in [0.25, 0.3) is 0 Å². The van der Waals surface area contributed by atoms with Gasteiger partial charge in [0.2, 0.25) is 0 Å². The summed E-state index contributed by atoms with van der Waals surface area (Å²) < 4.78 is 6.20. The average molecular weight is 376 g/mol. The molecule has 0 amide bonds. The normalized spacial score (nSPS) is 18.0. The van der Waals surface area contributed by atoms with Crippen molar-refractivity contribution < 1.29 is 4.74 Å². The summed E-state index contributed by atoms with van der Waals surface area (Å²) in [5.74, 6) is 0.793. The minimum atomic E-state index is 0.182. The van der Waals surface area contributed by atoms with Crippen molar-refractivity contribution in [3.8, 4) is 0 Å². The summed E-state index contributed by atoms with van der Waals surface area (Å²) in [6.07, 6.45) is 2.64. The third-order valence-corrected chi connectivity index (χ3v) is 5.57. The van der Waals surface area contributed by atoms with Gasteiger partial charge >= 0.3 is 0 Å². The van der Waals surface area contributed by atoms with Crippen LogP contribution in [0.3, 0.4) is 0 Å². The number of rotatable bonds is 8. The first-order valence-corrected chi connectivity index (χ1v) is 8.65. The van der Waals surface area contributed by atoms with Gasteiger partial charge in [-0.15, -0.1) is 0 Å². The summed E-state index contributed by atoms with van der Waals surface area (Å²) in [4.78, 5) is 2.47. The summed E-state index contributed by atoms with van der Waals surface area (Å²) >= 11 is 9.69. The van der Waals surface area contributed by atoms with Crippen LogP contribution in [0, 0.1) is 5.92 Å². The zero-order valence-corrected chi connectivity index (χ0v) is 15.0. The second-order valence-corrected chi connectivity index (χ2v) is 7.00. The molecule has 2 N–H and O–H groups in total. The molecular weight excluding hydrogens is 352 g/mol. The second-order valence-electron chi connectivity index (χ2n) is 5.73. The average Bonchev–Trinajstić information content (AvgIpc) is 3.30. The highest BCUT2D eigenvalue weighted by Crippen LogP contribution is 2.38. The maximum absolute atomic E-state index is 6.25. The Labute approximate surface area is 140 Å². The third kappa shape index (κ3) is 4.42. The minimum Gasteiger partial charge on any atom is -0.383 e. The number of hydrogen-bond donors (Lipinski definition) is 1. The van der Waals surface area contributed by atoms with E-state index in [0.29, 0.717) is 12.6 Å². The fourth-order valence-electron chi connectivity index (χ4n) is 2.87. The lowest BCUT2D eigenvalue weighted by atomic mass is 10.0. The van der Waals surface area contributed by atoms with Gasteiger partial charge in [0.05, 0.1) is 11.6 Å². The number of nitrogens with zero attached hydrogens (tertiary/aromatic N) is 1. The van der Waals surface area contributed by atoms with Crippen LogP contribution in [-0.4, -0.2) is 37.7 Å². The van der Waals surface area contributed by atoms with Crippen molar-refractivity contribution in [1.82, 2.24) is 4.90 Å². The van der Waals surface area contributed by atoms with Gasteiger partial charge in [0.25, 0.3) is 0 Å². The molecule has 0 aromatic heterocycles. The van der Waals surface area contributed by atoms with E-state index in [1.165, 1.54) is 18.4 Å². The Morgan fingerprint density at radius 3 is 2.71 bits per heavy atom. The van der Waals surface area contributed by atoms with Crippen molar-refractivity contribution >= 4 is 27.5 Å². The maximum atomic E-state index is 6.25. The van der Waals surface area contributed by atoms with E-state index in [0.717, 1.165) is 28.6 Å². The highest BCUT2D eigenvalue weighted by Gasteiger charge is 2.35. The Morgan fingerprint density at radius 2 is 2.19 bits per heavy atom. The summed E-state index contributed by atoms with van der Waals surface area (Å²) in [5, 5.41) is 0.733. The molecule has 0 spiro atoms. The molecule has 118 valence electrons. The Kier molecular flexibility index (Phi) is 6.51. The Bertz CT molecular complexity index is 468. The first-order chi connectivity index (χ1) is 10.1. The first-order valence-electron chi connectivity index (χ1n) is 7.48. The molecule has 2 unspecified atom stereocenters.